The molecule has 9 heteroatoms. The van der Waals surface area contributed by atoms with E-state index in [9.17, 15) is 14.9 Å². The summed E-state index contributed by atoms with van der Waals surface area (Å²) in [5.74, 6) is -0.131. The normalized spacial score (nSPS) is 11.7. The van der Waals surface area contributed by atoms with Crippen LogP contribution in [0.2, 0.25) is 0 Å². The van der Waals surface area contributed by atoms with Crippen LogP contribution in [0.15, 0.2) is 28.9 Å². The fourth-order valence-corrected chi connectivity index (χ4v) is 1.90. The zero-order chi connectivity index (χ0) is 16.8. The molecule has 0 saturated carbocycles. The third kappa shape index (κ3) is 4.25. The van der Waals surface area contributed by atoms with Crippen LogP contribution in [0, 0.1) is 17.0 Å². The van der Waals surface area contributed by atoms with Gasteiger partial charge in [0.2, 0.25) is 5.75 Å². The van der Waals surface area contributed by atoms with Crippen molar-refractivity contribution < 1.29 is 19.0 Å². The molecular weight excluding hydrogens is 304 g/mol. The van der Waals surface area contributed by atoms with Gasteiger partial charge in [-0.25, -0.2) is 0 Å². The first-order valence-corrected chi connectivity index (χ1v) is 7.01. The van der Waals surface area contributed by atoms with Crippen molar-refractivity contribution in [1.82, 2.24) is 10.1 Å². The van der Waals surface area contributed by atoms with Gasteiger partial charge in [0.15, 0.2) is 11.9 Å². The Hall–Kier alpha value is -2.97. The maximum atomic E-state index is 12.3. The second-order valence-corrected chi connectivity index (χ2v) is 4.79. The summed E-state index contributed by atoms with van der Waals surface area (Å²) in [4.78, 5) is 26.3. The highest BCUT2D eigenvalue weighted by molar-refractivity contribution is 5.93. The molecule has 23 heavy (non-hydrogen) atoms. The number of ether oxygens (including phenoxy) is 1. The molecule has 0 aliphatic carbocycles. The topological polar surface area (TPSA) is 120 Å². The predicted octanol–water partition coefficient (Wildman–Crippen LogP) is 2.47. The minimum absolute atomic E-state index is 0.0533. The van der Waals surface area contributed by atoms with Crippen LogP contribution < -0.4 is 10.1 Å². The zero-order valence-electron chi connectivity index (χ0n) is 12.7. The summed E-state index contributed by atoms with van der Waals surface area (Å²) in [7, 11) is 0. The van der Waals surface area contributed by atoms with Crippen molar-refractivity contribution in [2.75, 3.05) is 5.32 Å². The van der Waals surface area contributed by atoms with Crippen LogP contribution in [0.5, 0.6) is 5.75 Å². The first-order chi connectivity index (χ1) is 11.0. The molecule has 0 unspecified atom stereocenters. The van der Waals surface area contributed by atoms with Crippen LogP contribution in [0.4, 0.5) is 11.6 Å². The van der Waals surface area contributed by atoms with Gasteiger partial charge in [0.25, 0.3) is 5.91 Å². The zero-order valence-corrected chi connectivity index (χ0v) is 12.7. The lowest BCUT2D eigenvalue weighted by atomic mass is 10.2. The molecule has 122 valence electrons. The molecule has 0 aliphatic heterocycles. The van der Waals surface area contributed by atoms with Gasteiger partial charge < -0.3 is 24.7 Å². The molecule has 2 aromatic heterocycles. The molecule has 1 atom stereocenters. The van der Waals surface area contributed by atoms with Gasteiger partial charge in [-0.15, -0.1) is 0 Å². The molecule has 0 aromatic carbocycles. The van der Waals surface area contributed by atoms with E-state index in [0.29, 0.717) is 18.6 Å². The number of nitrogens with zero attached hydrogens (tertiary/aromatic N) is 3. The Morgan fingerprint density at radius 3 is 2.96 bits per heavy atom. The van der Waals surface area contributed by atoms with Crippen LogP contribution in [0.25, 0.3) is 0 Å². The van der Waals surface area contributed by atoms with E-state index in [1.165, 1.54) is 18.3 Å². The summed E-state index contributed by atoms with van der Waals surface area (Å²) in [5.41, 5.74) is 0. The van der Waals surface area contributed by atoms with Crippen molar-refractivity contribution in [3.63, 3.8) is 0 Å². The summed E-state index contributed by atoms with van der Waals surface area (Å²) < 4.78 is 10.4. The number of carbonyl (C=O) groups is 1. The van der Waals surface area contributed by atoms with Crippen LogP contribution in [0.1, 0.15) is 25.5 Å². The van der Waals surface area contributed by atoms with Crippen molar-refractivity contribution >= 4 is 17.5 Å². The van der Waals surface area contributed by atoms with Crippen molar-refractivity contribution in [2.24, 2.45) is 0 Å². The monoisotopic (exact) mass is 320 g/mol. The van der Waals surface area contributed by atoms with Gasteiger partial charge in [0, 0.05) is 6.07 Å². The largest absolute Gasteiger partial charge is 0.472 e. The van der Waals surface area contributed by atoms with Gasteiger partial charge in [-0.3, -0.25) is 4.79 Å². The minimum Gasteiger partial charge on any atom is -0.472 e. The fourth-order valence-electron chi connectivity index (χ4n) is 1.90. The molecule has 1 N–H and O–H groups in total. The number of hydrogen-bond donors (Lipinski definition) is 1. The van der Waals surface area contributed by atoms with Crippen LogP contribution in [0.3, 0.4) is 0 Å². The average Bonchev–Trinajstić information content (AvgIpc) is 2.92. The van der Waals surface area contributed by atoms with E-state index in [-0.39, 0.29) is 11.6 Å². The van der Waals surface area contributed by atoms with E-state index in [1.54, 1.807) is 13.0 Å². The molecule has 1 amide bonds. The Kier molecular flexibility index (Phi) is 5.23. The van der Waals surface area contributed by atoms with Crippen molar-refractivity contribution in [2.45, 2.75) is 32.8 Å². The minimum atomic E-state index is -0.903. The molecule has 9 nitrogen and oxygen atoms in total. The lowest BCUT2D eigenvalue weighted by Gasteiger charge is -2.16. The summed E-state index contributed by atoms with van der Waals surface area (Å²) in [6.07, 6.45) is 1.43. The fraction of sp³-hybridized carbons (Fsp3) is 0.357. The van der Waals surface area contributed by atoms with E-state index in [0.717, 1.165) is 0 Å². The third-order valence-corrected chi connectivity index (χ3v) is 2.92. The number of nitrogens with one attached hydrogen (secondary N) is 1. The Bertz CT molecular complexity index is 700. The lowest BCUT2D eigenvalue weighted by Crippen LogP contribution is -2.33. The Balaban J connectivity index is 2.15. The first-order valence-electron chi connectivity index (χ1n) is 7.01. The van der Waals surface area contributed by atoms with Crippen LogP contribution >= 0.6 is 0 Å². The van der Waals surface area contributed by atoms with Crippen molar-refractivity contribution in [3.8, 4) is 5.75 Å². The van der Waals surface area contributed by atoms with Gasteiger partial charge in [-0.1, -0.05) is 18.5 Å². The van der Waals surface area contributed by atoms with Gasteiger partial charge in [-0.05, 0) is 35.4 Å². The lowest BCUT2D eigenvalue weighted by molar-refractivity contribution is -0.390. The second-order valence-electron chi connectivity index (χ2n) is 4.79. The molecular formula is C14H16N4O5. The predicted molar refractivity (Wildman–Crippen MR) is 80.1 cm³/mol. The molecule has 0 radical (unpaired) electrons. The Morgan fingerprint density at radius 2 is 2.35 bits per heavy atom. The molecule has 0 spiro atoms. The van der Waals surface area contributed by atoms with Gasteiger partial charge in [-0.2, -0.15) is 0 Å². The van der Waals surface area contributed by atoms with Gasteiger partial charge in [0.1, 0.15) is 12.0 Å². The van der Waals surface area contributed by atoms with E-state index < -0.39 is 22.8 Å². The first kappa shape index (κ1) is 16.4. The van der Waals surface area contributed by atoms with Gasteiger partial charge >= 0.3 is 5.82 Å². The summed E-state index contributed by atoms with van der Waals surface area (Å²) in [6, 6.07) is 4.47. The van der Waals surface area contributed by atoms with E-state index >= 15 is 0 Å². The van der Waals surface area contributed by atoms with Crippen LogP contribution in [-0.4, -0.2) is 27.1 Å². The quantitative estimate of drug-likeness (QED) is 0.614. The second kappa shape index (κ2) is 7.34. The number of rotatable bonds is 7. The summed E-state index contributed by atoms with van der Waals surface area (Å²) in [6.45, 7) is 3.57. The summed E-state index contributed by atoms with van der Waals surface area (Å²) >= 11 is 0. The van der Waals surface area contributed by atoms with Gasteiger partial charge in [0.05, 0.1) is 0 Å². The molecule has 0 aliphatic rings. The molecule has 2 aromatic rings. The highest BCUT2D eigenvalue weighted by atomic mass is 16.6. The van der Waals surface area contributed by atoms with Crippen molar-refractivity contribution in [1.29, 1.82) is 0 Å². The average molecular weight is 320 g/mol. The SMILES string of the molecule is CCC[C@@H](Oc1cccnc1[N+](=O)[O-])C(=O)Nc1cc(C)on1. The highest BCUT2D eigenvalue weighted by Gasteiger charge is 2.25. The molecule has 0 fully saturated rings. The summed E-state index contributed by atoms with van der Waals surface area (Å²) in [5, 5.41) is 17.2. The van der Waals surface area contributed by atoms with E-state index in [4.69, 9.17) is 9.26 Å². The maximum absolute atomic E-state index is 12.3. The maximum Gasteiger partial charge on any atom is 0.406 e. The number of aromatic nitrogens is 2. The number of anilines is 1. The number of nitro groups is 1. The number of amides is 1. The number of aryl methyl sites for hydroxylation is 1. The highest BCUT2D eigenvalue weighted by Crippen LogP contribution is 2.25. The number of hydrogen-bond acceptors (Lipinski definition) is 7. The number of carbonyl (C=O) groups excluding carboxylic acids is 1. The standard InChI is InChI=1S/C14H16N4O5/c1-3-5-11(14(19)16-12-8-9(2)23-17-12)22-10-6-4-7-15-13(10)18(20)21/h4,6-8,11H,3,5H2,1-2H3,(H,16,17,19)/t11-/m1/s1. The Morgan fingerprint density at radius 1 is 1.57 bits per heavy atom. The van der Waals surface area contributed by atoms with Crippen molar-refractivity contribution in [3.05, 3.63) is 40.3 Å². The van der Waals surface area contributed by atoms with Crippen LogP contribution in [-0.2, 0) is 4.79 Å². The van der Waals surface area contributed by atoms with E-state index in [1.807, 2.05) is 6.92 Å². The molecule has 2 heterocycles. The third-order valence-electron chi connectivity index (χ3n) is 2.92. The molecule has 0 saturated heterocycles. The molecule has 0 bridgehead atoms. The smallest absolute Gasteiger partial charge is 0.406 e. The van der Waals surface area contributed by atoms with E-state index in [2.05, 4.69) is 15.5 Å². The number of pyridine rings is 1. The Labute approximate surface area is 131 Å². The molecule has 2 rings (SSSR count).